The van der Waals surface area contributed by atoms with Crippen molar-refractivity contribution in [2.45, 2.75) is 20.6 Å². The average Bonchev–Trinajstić information content (AvgIpc) is 3.22. The minimum atomic E-state index is -2.57. The van der Waals surface area contributed by atoms with Crippen LogP contribution in [-0.2, 0) is 0 Å². The summed E-state index contributed by atoms with van der Waals surface area (Å²) >= 11 is 0. The highest BCUT2D eigenvalue weighted by Crippen LogP contribution is 2.35. The van der Waals surface area contributed by atoms with E-state index in [0.717, 1.165) is 10.8 Å². The third-order valence-electron chi connectivity index (χ3n) is 4.78. The molecule has 0 atom stereocenters. The maximum atomic E-state index is 8.07. The molecule has 0 radical (unpaired) electrons. The lowest BCUT2D eigenvalue weighted by Crippen LogP contribution is -1.96. The molecular weight excluding hydrogens is 316 g/mol. The molecule has 0 bridgehead atoms. The monoisotopic (exact) mass is 345 g/mol. The molecule has 0 saturated carbocycles. The molecule has 0 unspecified atom stereocenters. The summed E-state index contributed by atoms with van der Waals surface area (Å²) in [4.78, 5) is 4.58. The van der Waals surface area contributed by atoms with Gasteiger partial charge < -0.3 is 0 Å². The molecule has 126 valence electrons. The molecule has 2 heterocycles. The predicted octanol–water partition coefficient (Wildman–Crippen LogP) is 6.23. The van der Waals surface area contributed by atoms with Crippen molar-refractivity contribution in [3.8, 4) is 11.3 Å². The van der Waals surface area contributed by atoms with E-state index in [1.54, 1.807) is 16.5 Å². The van der Waals surface area contributed by atoms with E-state index in [-0.39, 0.29) is 22.3 Å². The zero-order valence-corrected chi connectivity index (χ0v) is 13.7. The van der Waals surface area contributed by atoms with Crippen molar-refractivity contribution in [1.82, 2.24) is 9.38 Å². The van der Waals surface area contributed by atoms with Crippen molar-refractivity contribution in [3.05, 3.63) is 83.6 Å². The molecule has 5 aromatic rings. The Morgan fingerprint density at radius 1 is 0.808 bits per heavy atom. The zero-order chi connectivity index (χ0) is 25.3. The molecule has 0 amide bonds. The molecule has 2 heteroatoms. The van der Waals surface area contributed by atoms with E-state index in [1.807, 2.05) is 24.3 Å². The highest BCUT2D eigenvalue weighted by molar-refractivity contribution is 6.12. The Labute approximate surface area is 165 Å². The molecular formula is C24H20N2. The van der Waals surface area contributed by atoms with Gasteiger partial charge in [-0.3, -0.25) is 4.40 Å². The first-order chi connectivity index (χ1) is 16.3. The van der Waals surface area contributed by atoms with Crippen molar-refractivity contribution in [1.29, 1.82) is 0 Å². The molecule has 2 nitrogen and oxygen atoms in total. The van der Waals surface area contributed by atoms with Crippen molar-refractivity contribution in [2.24, 2.45) is 0 Å². The van der Waals surface area contributed by atoms with Crippen LogP contribution in [0.2, 0.25) is 0 Å². The van der Waals surface area contributed by atoms with Crippen molar-refractivity contribution >= 4 is 27.3 Å². The van der Waals surface area contributed by atoms with E-state index in [1.165, 1.54) is 30.5 Å². The number of rotatable bonds is 1. The van der Waals surface area contributed by atoms with Gasteiger partial charge in [-0.25, -0.2) is 4.98 Å². The smallest absolute Gasteiger partial charge is 0.145 e. The van der Waals surface area contributed by atoms with Crippen LogP contribution >= 0.6 is 0 Å². The summed E-state index contributed by atoms with van der Waals surface area (Å²) in [6.07, 6.45) is 1.48. The van der Waals surface area contributed by atoms with E-state index in [2.05, 4.69) is 4.98 Å². The van der Waals surface area contributed by atoms with Gasteiger partial charge >= 0.3 is 0 Å². The standard InChI is InChI=1S/C24H20N2/c1-15-11-12-21-20(13-15)18-9-4-5-10-19(18)24-25-14-22(26(21)24)23-16(2)7-6-8-17(23)3/h4-14H,1-3H3/i1D3,2D3,3D3. The van der Waals surface area contributed by atoms with Gasteiger partial charge in [-0.1, -0.05) is 54.1 Å². The first kappa shape index (κ1) is 8.50. The topological polar surface area (TPSA) is 17.3 Å². The third kappa shape index (κ3) is 2.02. The maximum absolute atomic E-state index is 8.07. The molecule has 2 aromatic heterocycles. The van der Waals surface area contributed by atoms with Gasteiger partial charge in [-0.2, -0.15) is 0 Å². The Bertz CT molecular complexity index is 1570. The van der Waals surface area contributed by atoms with Crippen molar-refractivity contribution in [2.75, 3.05) is 0 Å². The van der Waals surface area contributed by atoms with Gasteiger partial charge in [0, 0.05) is 28.7 Å². The first-order valence-corrected chi connectivity index (χ1v) is 8.25. The Morgan fingerprint density at radius 2 is 1.62 bits per heavy atom. The minimum absolute atomic E-state index is 0.0801. The average molecular weight is 345 g/mol. The molecule has 0 N–H and O–H groups in total. The summed E-state index contributed by atoms with van der Waals surface area (Å²) in [7, 11) is 0. The highest BCUT2D eigenvalue weighted by atomic mass is 15.0. The molecule has 0 saturated heterocycles. The highest BCUT2D eigenvalue weighted by Gasteiger charge is 2.16. The number of hydrogen-bond donors (Lipinski definition) is 0. The fraction of sp³-hybridized carbons (Fsp3) is 0.125. The number of benzene rings is 3. The number of aromatic nitrogens is 2. The van der Waals surface area contributed by atoms with E-state index in [9.17, 15) is 0 Å². The van der Waals surface area contributed by atoms with Gasteiger partial charge in [0.1, 0.15) is 5.65 Å². The van der Waals surface area contributed by atoms with Crippen LogP contribution in [0.4, 0.5) is 0 Å². The lowest BCUT2D eigenvalue weighted by Gasteiger charge is -2.14. The van der Waals surface area contributed by atoms with Gasteiger partial charge in [-0.15, -0.1) is 0 Å². The quantitative estimate of drug-likeness (QED) is 0.329. The Morgan fingerprint density at radius 3 is 2.38 bits per heavy atom. The summed E-state index contributed by atoms with van der Waals surface area (Å²) in [6, 6.07) is 16.4. The van der Waals surface area contributed by atoms with Crippen LogP contribution < -0.4 is 0 Å². The maximum Gasteiger partial charge on any atom is 0.145 e. The number of hydrogen-bond acceptors (Lipinski definition) is 1. The number of imidazole rings is 1. The SMILES string of the molecule is [2H]C([2H])([2H])c1ccc2c(c1)c1ccccc1c1ncc(-c3c(C([2H])([2H])[2H])cccc3C([2H])([2H])[2H])n21. The van der Waals surface area contributed by atoms with Crippen LogP contribution in [0.1, 0.15) is 29.0 Å². The number of pyridine rings is 1. The van der Waals surface area contributed by atoms with E-state index < -0.39 is 20.6 Å². The van der Waals surface area contributed by atoms with Gasteiger partial charge in [0.2, 0.25) is 0 Å². The molecule has 26 heavy (non-hydrogen) atoms. The summed E-state index contributed by atoms with van der Waals surface area (Å²) in [5.41, 5.74) is 1.49. The van der Waals surface area contributed by atoms with Crippen molar-refractivity contribution < 1.29 is 12.3 Å². The summed E-state index contributed by atoms with van der Waals surface area (Å²) in [6.45, 7) is -7.45. The van der Waals surface area contributed by atoms with E-state index in [0.29, 0.717) is 22.2 Å². The molecule has 0 aliphatic carbocycles. The third-order valence-corrected chi connectivity index (χ3v) is 4.78. The lowest BCUT2D eigenvalue weighted by molar-refractivity contribution is 1.24. The largest absolute Gasteiger partial charge is 0.292 e. The van der Waals surface area contributed by atoms with Crippen LogP contribution in [0, 0.1) is 20.6 Å². The molecule has 0 aliphatic heterocycles. The van der Waals surface area contributed by atoms with E-state index >= 15 is 0 Å². The van der Waals surface area contributed by atoms with Crippen LogP contribution in [0.3, 0.4) is 0 Å². The Hall–Kier alpha value is -3.13. The Balaban J connectivity index is 2.00. The summed E-state index contributed by atoms with van der Waals surface area (Å²) in [5.74, 6) is 0. The second-order valence-electron chi connectivity index (χ2n) is 6.31. The molecule has 0 fully saturated rings. The van der Waals surface area contributed by atoms with Crippen LogP contribution in [-0.4, -0.2) is 9.38 Å². The van der Waals surface area contributed by atoms with E-state index in [4.69, 9.17) is 12.3 Å². The number of fused-ring (bicyclic) bond motifs is 6. The normalized spacial score (nSPS) is 18.2. The second kappa shape index (κ2) is 5.43. The molecule has 5 rings (SSSR count). The van der Waals surface area contributed by atoms with Gasteiger partial charge in [0.15, 0.2) is 0 Å². The van der Waals surface area contributed by atoms with Crippen LogP contribution in [0.15, 0.2) is 66.9 Å². The molecule has 0 aliphatic rings. The van der Waals surface area contributed by atoms with Crippen LogP contribution in [0.5, 0.6) is 0 Å². The summed E-state index contributed by atoms with van der Waals surface area (Å²) < 4.78 is 73.7. The lowest BCUT2D eigenvalue weighted by atomic mass is 9.99. The zero-order valence-electron chi connectivity index (χ0n) is 22.7. The van der Waals surface area contributed by atoms with Crippen LogP contribution in [0.25, 0.3) is 38.6 Å². The molecule has 0 spiro atoms. The fourth-order valence-electron chi connectivity index (χ4n) is 3.65. The minimum Gasteiger partial charge on any atom is -0.292 e. The summed E-state index contributed by atoms with van der Waals surface area (Å²) in [5, 5.41) is 2.16. The first-order valence-electron chi connectivity index (χ1n) is 12.8. The number of nitrogens with zero attached hydrogens (tertiary/aromatic N) is 2. The Kier molecular flexibility index (Phi) is 1.78. The van der Waals surface area contributed by atoms with Crippen molar-refractivity contribution in [3.63, 3.8) is 0 Å². The van der Waals surface area contributed by atoms with Gasteiger partial charge in [0.05, 0.1) is 17.4 Å². The molecule has 3 aromatic carbocycles. The number of aryl methyl sites for hydroxylation is 3. The van der Waals surface area contributed by atoms with Gasteiger partial charge in [0.25, 0.3) is 0 Å². The fourth-order valence-corrected chi connectivity index (χ4v) is 3.65. The predicted molar refractivity (Wildman–Crippen MR) is 110 cm³/mol. The second-order valence-corrected chi connectivity index (χ2v) is 6.31. The van der Waals surface area contributed by atoms with Gasteiger partial charge in [-0.05, 0) is 49.2 Å².